The number of anilines is 1. The largest absolute Gasteiger partial charge is 0.380 e. The lowest BCUT2D eigenvalue weighted by atomic mass is 10.00. The van der Waals surface area contributed by atoms with E-state index in [4.69, 9.17) is 0 Å². The normalized spacial score (nSPS) is 19.2. The standard InChI is InChI=1S/C12H15F2N3O2/c13-10-4-9(17(18)19)5-11(14)12(10)16-7-8-2-1-3-15-6-8/h4-5,8,15-16H,1-3,6-7H2. The van der Waals surface area contributed by atoms with E-state index in [1.54, 1.807) is 0 Å². The molecule has 1 fully saturated rings. The Labute approximate surface area is 109 Å². The molecule has 19 heavy (non-hydrogen) atoms. The molecule has 0 bridgehead atoms. The number of nitrogens with one attached hydrogen (secondary N) is 2. The van der Waals surface area contributed by atoms with E-state index >= 15 is 0 Å². The van der Waals surface area contributed by atoms with Crippen LogP contribution in [0.1, 0.15) is 12.8 Å². The number of nitrogens with zero attached hydrogens (tertiary/aromatic N) is 1. The molecule has 0 spiro atoms. The van der Waals surface area contributed by atoms with Gasteiger partial charge in [-0.25, -0.2) is 8.78 Å². The van der Waals surface area contributed by atoms with E-state index < -0.39 is 22.2 Å². The quantitative estimate of drug-likeness (QED) is 0.651. The van der Waals surface area contributed by atoms with Crippen LogP contribution in [0.4, 0.5) is 20.2 Å². The Bertz CT molecular complexity index is 453. The molecule has 1 atom stereocenters. The number of rotatable bonds is 4. The maximum absolute atomic E-state index is 13.6. The van der Waals surface area contributed by atoms with Gasteiger partial charge in [-0.2, -0.15) is 0 Å². The van der Waals surface area contributed by atoms with Crippen LogP contribution in [-0.2, 0) is 0 Å². The summed E-state index contributed by atoms with van der Waals surface area (Å²) in [6.07, 6.45) is 2.04. The Morgan fingerprint density at radius 1 is 1.42 bits per heavy atom. The summed E-state index contributed by atoms with van der Waals surface area (Å²) in [5.41, 5.74) is -0.879. The van der Waals surface area contributed by atoms with Crippen molar-refractivity contribution in [1.29, 1.82) is 0 Å². The number of benzene rings is 1. The molecule has 0 radical (unpaired) electrons. The molecule has 2 rings (SSSR count). The topological polar surface area (TPSA) is 67.2 Å². The highest BCUT2D eigenvalue weighted by Gasteiger charge is 2.18. The summed E-state index contributed by atoms with van der Waals surface area (Å²) < 4.78 is 27.2. The van der Waals surface area contributed by atoms with E-state index in [9.17, 15) is 18.9 Å². The highest BCUT2D eigenvalue weighted by atomic mass is 19.1. The first-order valence-electron chi connectivity index (χ1n) is 6.16. The predicted molar refractivity (Wildman–Crippen MR) is 67.1 cm³/mol. The molecule has 1 saturated heterocycles. The molecule has 0 amide bonds. The van der Waals surface area contributed by atoms with Gasteiger partial charge in [0.2, 0.25) is 0 Å². The number of piperidine rings is 1. The van der Waals surface area contributed by atoms with Gasteiger partial charge in [0.05, 0.1) is 17.1 Å². The first-order chi connectivity index (χ1) is 9.08. The van der Waals surface area contributed by atoms with Crippen molar-refractivity contribution in [3.8, 4) is 0 Å². The van der Waals surface area contributed by atoms with E-state index in [2.05, 4.69) is 10.6 Å². The fraction of sp³-hybridized carbons (Fsp3) is 0.500. The van der Waals surface area contributed by atoms with Crippen LogP contribution in [0.15, 0.2) is 12.1 Å². The van der Waals surface area contributed by atoms with Gasteiger partial charge in [-0.3, -0.25) is 10.1 Å². The number of nitro benzene ring substituents is 1. The molecular formula is C12H15F2N3O2. The molecular weight excluding hydrogens is 256 g/mol. The second kappa shape index (κ2) is 5.92. The lowest BCUT2D eigenvalue weighted by Crippen LogP contribution is -2.33. The fourth-order valence-electron chi connectivity index (χ4n) is 2.18. The third-order valence-corrected chi connectivity index (χ3v) is 3.20. The summed E-state index contributed by atoms with van der Waals surface area (Å²) in [5, 5.41) is 16.4. The molecule has 1 aliphatic rings. The van der Waals surface area contributed by atoms with Crippen molar-refractivity contribution in [2.45, 2.75) is 12.8 Å². The number of non-ortho nitro benzene ring substituents is 1. The molecule has 7 heteroatoms. The van der Waals surface area contributed by atoms with Gasteiger partial charge in [0, 0.05) is 6.54 Å². The van der Waals surface area contributed by atoms with Gasteiger partial charge >= 0.3 is 0 Å². The highest BCUT2D eigenvalue weighted by molar-refractivity contribution is 5.51. The molecule has 1 aromatic carbocycles. The van der Waals surface area contributed by atoms with Crippen LogP contribution in [-0.4, -0.2) is 24.6 Å². The first-order valence-corrected chi connectivity index (χ1v) is 6.16. The second-order valence-electron chi connectivity index (χ2n) is 4.63. The van der Waals surface area contributed by atoms with Crippen LogP contribution in [0.25, 0.3) is 0 Å². The molecule has 1 unspecified atom stereocenters. The lowest BCUT2D eigenvalue weighted by molar-refractivity contribution is -0.385. The van der Waals surface area contributed by atoms with E-state index in [0.29, 0.717) is 12.5 Å². The van der Waals surface area contributed by atoms with Crippen molar-refractivity contribution in [3.05, 3.63) is 33.9 Å². The molecule has 104 valence electrons. The van der Waals surface area contributed by atoms with Gasteiger partial charge in [-0.1, -0.05) is 0 Å². The van der Waals surface area contributed by atoms with Crippen LogP contribution in [0, 0.1) is 27.7 Å². The maximum Gasteiger partial charge on any atom is 0.275 e. The first kappa shape index (κ1) is 13.7. The SMILES string of the molecule is O=[N+]([O-])c1cc(F)c(NCC2CCCNC2)c(F)c1. The van der Waals surface area contributed by atoms with Gasteiger partial charge in [-0.15, -0.1) is 0 Å². The summed E-state index contributed by atoms with van der Waals surface area (Å²) in [6, 6.07) is 1.45. The molecule has 0 aliphatic carbocycles. The summed E-state index contributed by atoms with van der Waals surface area (Å²) in [6.45, 7) is 2.22. The number of nitro groups is 1. The Balaban J connectivity index is 2.05. The maximum atomic E-state index is 13.6. The van der Waals surface area contributed by atoms with E-state index in [1.807, 2.05) is 0 Å². The van der Waals surface area contributed by atoms with E-state index in [-0.39, 0.29) is 5.69 Å². The summed E-state index contributed by atoms with van der Waals surface area (Å²) >= 11 is 0. The minimum atomic E-state index is -0.935. The summed E-state index contributed by atoms with van der Waals surface area (Å²) in [5.74, 6) is -1.56. The average molecular weight is 271 g/mol. The van der Waals surface area contributed by atoms with Crippen molar-refractivity contribution in [2.24, 2.45) is 5.92 Å². The minimum Gasteiger partial charge on any atom is -0.380 e. The van der Waals surface area contributed by atoms with E-state index in [1.165, 1.54) is 0 Å². The molecule has 1 heterocycles. The van der Waals surface area contributed by atoms with Crippen LogP contribution in [0.5, 0.6) is 0 Å². The molecule has 5 nitrogen and oxygen atoms in total. The van der Waals surface area contributed by atoms with E-state index in [0.717, 1.165) is 38.1 Å². The van der Waals surface area contributed by atoms with Gasteiger partial charge in [0.15, 0.2) is 11.6 Å². The van der Waals surface area contributed by atoms with Crippen LogP contribution >= 0.6 is 0 Å². The van der Waals surface area contributed by atoms with Crippen molar-refractivity contribution in [2.75, 3.05) is 25.0 Å². The third-order valence-electron chi connectivity index (χ3n) is 3.20. The molecule has 0 saturated carbocycles. The Morgan fingerprint density at radius 2 is 2.11 bits per heavy atom. The van der Waals surface area contributed by atoms with Gasteiger partial charge in [-0.05, 0) is 31.8 Å². The molecule has 1 aromatic rings. The van der Waals surface area contributed by atoms with Crippen LogP contribution < -0.4 is 10.6 Å². The van der Waals surface area contributed by atoms with Crippen LogP contribution in [0.3, 0.4) is 0 Å². The second-order valence-corrected chi connectivity index (χ2v) is 4.63. The van der Waals surface area contributed by atoms with Crippen LogP contribution in [0.2, 0.25) is 0 Å². The Hall–Kier alpha value is -1.76. The number of halogens is 2. The zero-order valence-electron chi connectivity index (χ0n) is 10.3. The smallest absolute Gasteiger partial charge is 0.275 e. The lowest BCUT2D eigenvalue weighted by Gasteiger charge is -2.23. The van der Waals surface area contributed by atoms with Crippen molar-refractivity contribution >= 4 is 11.4 Å². The third kappa shape index (κ3) is 3.37. The zero-order chi connectivity index (χ0) is 13.8. The van der Waals surface area contributed by atoms with Crippen molar-refractivity contribution in [3.63, 3.8) is 0 Å². The Morgan fingerprint density at radius 3 is 2.63 bits per heavy atom. The van der Waals surface area contributed by atoms with Crippen molar-refractivity contribution < 1.29 is 13.7 Å². The Kier molecular flexibility index (Phi) is 4.26. The highest BCUT2D eigenvalue weighted by Crippen LogP contribution is 2.25. The van der Waals surface area contributed by atoms with Gasteiger partial charge in [0.1, 0.15) is 5.69 Å². The monoisotopic (exact) mass is 271 g/mol. The van der Waals surface area contributed by atoms with Crippen molar-refractivity contribution in [1.82, 2.24) is 5.32 Å². The summed E-state index contributed by atoms with van der Waals surface area (Å²) in [7, 11) is 0. The molecule has 0 aromatic heterocycles. The average Bonchev–Trinajstić information content (AvgIpc) is 2.38. The van der Waals surface area contributed by atoms with Gasteiger partial charge in [0.25, 0.3) is 5.69 Å². The molecule has 2 N–H and O–H groups in total. The molecule has 1 aliphatic heterocycles. The number of hydrogen-bond acceptors (Lipinski definition) is 4. The van der Waals surface area contributed by atoms with Gasteiger partial charge < -0.3 is 10.6 Å². The summed E-state index contributed by atoms with van der Waals surface area (Å²) in [4.78, 5) is 9.65. The predicted octanol–water partition coefficient (Wildman–Crippen LogP) is 2.28. The fourth-order valence-corrected chi connectivity index (χ4v) is 2.18. The minimum absolute atomic E-state index is 0.295. The number of hydrogen-bond donors (Lipinski definition) is 2. The zero-order valence-corrected chi connectivity index (χ0v) is 10.3.